The summed E-state index contributed by atoms with van der Waals surface area (Å²) in [5.41, 5.74) is 2.45. The Kier molecular flexibility index (Phi) is 6.62. The Labute approximate surface area is 148 Å². The van der Waals surface area contributed by atoms with Crippen LogP contribution < -0.4 is 0 Å². The molecule has 4 nitrogen and oxygen atoms in total. The fraction of sp³-hybridized carbons (Fsp3) is 0.368. The van der Waals surface area contributed by atoms with Gasteiger partial charge in [-0.3, -0.25) is 0 Å². The van der Waals surface area contributed by atoms with Gasteiger partial charge in [0.05, 0.1) is 25.5 Å². The van der Waals surface area contributed by atoms with Gasteiger partial charge in [-0.05, 0) is 31.1 Å². The Morgan fingerprint density at radius 1 is 1.38 bits per heavy atom. The number of carbonyl (C=O) groups is 1. The zero-order valence-corrected chi connectivity index (χ0v) is 15.1. The predicted molar refractivity (Wildman–Crippen MR) is 97.1 cm³/mol. The van der Waals surface area contributed by atoms with E-state index in [2.05, 4.69) is 16.5 Å². The van der Waals surface area contributed by atoms with E-state index in [1.807, 2.05) is 30.3 Å². The van der Waals surface area contributed by atoms with Crippen molar-refractivity contribution in [3.63, 3.8) is 0 Å². The standard InChI is InChI=1S/C19H23ClN2O2/c1-4-5-10-18-21-12-16(11-14(2)19(23)24-3)22(18)13-15-8-6-7-9-17(15)20/h6-9,11-12H,4-5,10,13H2,1-3H3/b14-11+. The molecule has 0 spiro atoms. The molecule has 0 bridgehead atoms. The Morgan fingerprint density at radius 2 is 2.12 bits per heavy atom. The zero-order valence-electron chi connectivity index (χ0n) is 14.4. The molecule has 0 saturated heterocycles. The SMILES string of the molecule is CCCCc1ncc(/C=C(\C)C(=O)OC)n1Cc1ccccc1Cl. The topological polar surface area (TPSA) is 44.1 Å². The number of ether oxygens (including phenoxy) is 1. The molecule has 0 fully saturated rings. The number of halogens is 1. The van der Waals surface area contributed by atoms with Crippen LogP contribution in [0, 0.1) is 0 Å². The number of benzene rings is 1. The highest BCUT2D eigenvalue weighted by Gasteiger charge is 2.12. The van der Waals surface area contributed by atoms with Gasteiger partial charge in [0.15, 0.2) is 0 Å². The van der Waals surface area contributed by atoms with Gasteiger partial charge in [-0.1, -0.05) is 43.1 Å². The minimum atomic E-state index is -0.337. The summed E-state index contributed by atoms with van der Waals surface area (Å²) in [4.78, 5) is 16.2. The molecular formula is C19H23ClN2O2. The van der Waals surface area contributed by atoms with Gasteiger partial charge in [0.1, 0.15) is 5.82 Å². The Balaban J connectivity index is 2.39. The summed E-state index contributed by atoms with van der Waals surface area (Å²) in [7, 11) is 1.38. The van der Waals surface area contributed by atoms with Crippen molar-refractivity contribution in [3.05, 3.63) is 58.1 Å². The first-order valence-corrected chi connectivity index (χ1v) is 8.49. The number of esters is 1. The first-order valence-electron chi connectivity index (χ1n) is 8.11. The molecule has 2 aromatic rings. The molecule has 128 valence electrons. The van der Waals surface area contributed by atoms with E-state index in [1.165, 1.54) is 7.11 Å². The minimum absolute atomic E-state index is 0.337. The third kappa shape index (κ3) is 4.48. The van der Waals surface area contributed by atoms with Gasteiger partial charge in [-0.15, -0.1) is 0 Å². The maximum atomic E-state index is 11.7. The van der Waals surface area contributed by atoms with E-state index in [0.29, 0.717) is 12.1 Å². The molecule has 0 aliphatic heterocycles. The van der Waals surface area contributed by atoms with Gasteiger partial charge in [-0.25, -0.2) is 9.78 Å². The first-order chi connectivity index (χ1) is 11.6. The number of unbranched alkanes of at least 4 members (excludes halogenated alkanes) is 1. The molecule has 5 heteroatoms. The Bertz CT molecular complexity index is 735. The summed E-state index contributed by atoms with van der Waals surface area (Å²) < 4.78 is 6.89. The van der Waals surface area contributed by atoms with Crippen LogP contribution in [-0.2, 0) is 22.5 Å². The molecule has 24 heavy (non-hydrogen) atoms. The van der Waals surface area contributed by atoms with E-state index in [-0.39, 0.29) is 5.97 Å². The molecule has 0 saturated carbocycles. The lowest BCUT2D eigenvalue weighted by molar-refractivity contribution is -0.135. The normalized spacial score (nSPS) is 11.6. The smallest absolute Gasteiger partial charge is 0.333 e. The van der Waals surface area contributed by atoms with Crippen LogP contribution >= 0.6 is 11.6 Å². The number of aromatic nitrogens is 2. The van der Waals surface area contributed by atoms with Gasteiger partial charge in [-0.2, -0.15) is 0 Å². The van der Waals surface area contributed by atoms with Crippen LogP contribution in [0.2, 0.25) is 5.02 Å². The summed E-state index contributed by atoms with van der Waals surface area (Å²) >= 11 is 6.31. The highest BCUT2D eigenvalue weighted by atomic mass is 35.5. The molecular weight excluding hydrogens is 324 g/mol. The van der Waals surface area contributed by atoms with Crippen molar-refractivity contribution in [2.75, 3.05) is 7.11 Å². The molecule has 1 aromatic carbocycles. The predicted octanol–water partition coefficient (Wildman–Crippen LogP) is 4.50. The van der Waals surface area contributed by atoms with Crippen LogP contribution in [0.15, 0.2) is 36.0 Å². The second kappa shape index (κ2) is 8.69. The highest BCUT2D eigenvalue weighted by Crippen LogP contribution is 2.20. The van der Waals surface area contributed by atoms with E-state index in [1.54, 1.807) is 13.1 Å². The van der Waals surface area contributed by atoms with Crippen LogP contribution in [0.3, 0.4) is 0 Å². The first kappa shape index (κ1) is 18.3. The van der Waals surface area contributed by atoms with Crippen molar-refractivity contribution >= 4 is 23.6 Å². The fourth-order valence-electron chi connectivity index (χ4n) is 2.50. The molecule has 0 radical (unpaired) electrons. The Morgan fingerprint density at radius 3 is 2.79 bits per heavy atom. The van der Waals surface area contributed by atoms with Crippen LogP contribution in [0.4, 0.5) is 0 Å². The third-order valence-corrected chi connectivity index (χ3v) is 4.25. The quantitative estimate of drug-likeness (QED) is 0.547. The molecule has 0 unspecified atom stereocenters. The van der Waals surface area contributed by atoms with Gasteiger partial charge in [0.25, 0.3) is 0 Å². The summed E-state index contributed by atoms with van der Waals surface area (Å²) in [6, 6.07) is 7.78. The number of hydrogen-bond acceptors (Lipinski definition) is 3. The van der Waals surface area contributed by atoms with E-state index in [9.17, 15) is 4.79 Å². The molecule has 0 aliphatic rings. The molecule has 0 amide bonds. The van der Waals surface area contributed by atoms with Crippen molar-refractivity contribution in [1.82, 2.24) is 9.55 Å². The Hall–Kier alpha value is -2.07. The minimum Gasteiger partial charge on any atom is -0.466 e. The number of imidazole rings is 1. The zero-order chi connectivity index (χ0) is 17.5. The average Bonchev–Trinajstić information content (AvgIpc) is 2.95. The molecule has 0 N–H and O–H groups in total. The average molecular weight is 347 g/mol. The number of methoxy groups -OCH3 is 1. The summed E-state index contributed by atoms with van der Waals surface area (Å²) in [6.45, 7) is 4.52. The lowest BCUT2D eigenvalue weighted by Crippen LogP contribution is -2.09. The lowest BCUT2D eigenvalue weighted by Gasteiger charge is -2.12. The van der Waals surface area contributed by atoms with E-state index < -0.39 is 0 Å². The highest BCUT2D eigenvalue weighted by molar-refractivity contribution is 6.31. The van der Waals surface area contributed by atoms with Gasteiger partial charge < -0.3 is 9.30 Å². The maximum Gasteiger partial charge on any atom is 0.333 e. The number of hydrogen-bond donors (Lipinski definition) is 0. The number of nitrogens with zero attached hydrogens (tertiary/aromatic N) is 2. The summed E-state index contributed by atoms with van der Waals surface area (Å²) in [5, 5.41) is 0.729. The van der Waals surface area contributed by atoms with Crippen LogP contribution in [0.5, 0.6) is 0 Å². The molecule has 1 heterocycles. The number of carbonyl (C=O) groups excluding carboxylic acids is 1. The van der Waals surface area contributed by atoms with Crippen molar-refractivity contribution in [3.8, 4) is 0 Å². The van der Waals surface area contributed by atoms with E-state index >= 15 is 0 Å². The van der Waals surface area contributed by atoms with Crippen molar-refractivity contribution < 1.29 is 9.53 Å². The lowest BCUT2D eigenvalue weighted by atomic mass is 10.2. The molecule has 0 atom stereocenters. The van der Waals surface area contributed by atoms with Crippen LogP contribution in [-0.4, -0.2) is 22.6 Å². The van der Waals surface area contributed by atoms with Crippen molar-refractivity contribution in [2.45, 2.75) is 39.7 Å². The largest absolute Gasteiger partial charge is 0.466 e. The fourth-order valence-corrected chi connectivity index (χ4v) is 2.70. The van der Waals surface area contributed by atoms with E-state index in [0.717, 1.165) is 41.4 Å². The monoisotopic (exact) mass is 346 g/mol. The second-order valence-electron chi connectivity index (χ2n) is 5.70. The van der Waals surface area contributed by atoms with Gasteiger partial charge in [0, 0.05) is 17.0 Å². The summed E-state index contributed by atoms with van der Waals surface area (Å²) in [5.74, 6) is 0.663. The molecule has 0 aliphatic carbocycles. The van der Waals surface area contributed by atoms with Gasteiger partial charge in [0.2, 0.25) is 0 Å². The summed E-state index contributed by atoms with van der Waals surface area (Å²) in [6.07, 6.45) is 6.68. The van der Waals surface area contributed by atoms with E-state index in [4.69, 9.17) is 16.3 Å². The number of aryl methyl sites for hydroxylation is 1. The van der Waals surface area contributed by atoms with Crippen LogP contribution in [0.1, 0.15) is 43.8 Å². The van der Waals surface area contributed by atoms with Crippen LogP contribution in [0.25, 0.3) is 6.08 Å². The number of rotatable bonds is 7. The van der Waals surface area contributed by atoms with Crippen molar-refractivity contribution in [1.29, 1.82) is 0 Å². The third-order valence-electron chi connectivity index (χ3n) is 3.88. The molecule has 2 rings (SSSR count). The maximum absolute atomic E-state index is 11.7. The van der Waals surface area contributed by atoms with Crippen molar-refractivity contribution in [2.24, 2.45) is 0 Å². The van der Waals surface area contributed by atoms with Gasteiger partial charge >= 0.3 is 5.97 Å². The second-order valence-corrected chi connectivity index (χ2v) is 6.11. The molecule has 1 aromatic heterocycles.